The lowest BCUT2D eigenvalue weighted by Gasteiger charge is -2.35. The lowest BCUT2D eigenvalue weighted by molar-refractivity contribution is 0.171. The van der Waals surface area contributed by atoms with Gasteiger partial charge in [-0.15, -0.1) is 0 Å². The van der Waals surface area contributed by atoms with Crippen molar-refractivity contribution in [2.45, 2.75) is 51.4 Å². The van der Waals surface area contributed by atoms with E-state index in [9.17, 15) is 0 Å². The highest BCUT2D eigenvalue weighted by Gasteiger charge is 2.26. The molecule has 0 bridgehead atoms. The van der Waals surface area contributed by atoms with Crippen LogP contribution >= 0.6 is 0 Å². The van der Waals surface area contributed by atoms with E-state index >= 15 is 0 Å². The molecule has 0 amide bonds. The van der Waals surface area contributed by atoms with Gasteiger partial charge in [0.15, 0.2) is 0 Å². The van der Waals surface area contributed by atoms with Gasteiger partial charge in [-0.05, 0) is 11.8 Å². The fourth-order valence-electron chi connectivity index (χ4n) is 2.86. The summed E-state index contributed by atoms with van der Waals surface area (Å²) < 4.78 is 0. The van der Waals surface area contributed by atoms with Crippen molar-refractivity contribution in [3.63, 3.8) is 0 Å². The Hall–Kier alpha value is 0. The van der Waals surface area contributed by atoms with Crippen molar-refractivity contribution in [3.05, 3.63) is 7.43 Å². The van der Waals surface area contributed by atoms with E-state index < -0.39 is 0 Å². The second-order valence-electron chi connectivity index (χ2n) is 4.09. The third kappa shape index (κ3) is 1.98. The molecule has 0 nitrogen and oxygen atoms in total. The molecule has 4 radical (unpaired) electrons. The number of hydrogen-bond donors (Lipinski definition) is 0. The molecule has 0 saturated heterocycles. The Kier molecular flexibility index (Phi) is 3.42. The first-order valence-corrected chi connectivity index (χ1v) is 4.97. The van der Waals surface area contributed by atoms with Crippen LogP contribution in [0, 0.1) is 19.3 Å². The van der Waals surface area contributed by atoms with Gasteiger partial charge in [0.1, 0.15) is 0 Å². The summed E-state index contributed by atoms with van der Waals surface area (Å²) in [4.78, 5) is 0. The maximum atomic E-state index is 1.56. The Labute approximate surface area is 71.4 Å². The van der Waals surface area contributed by atoms with Crippen LogP contribution < -0.4 is 0 Å². The van der Waals surface area contributed by atoms with Crippen LogP contribution in [0.15, 0.2) is 0 Å². The van der Waals surface area contributed by atoms with Crippen molar-refractivity contribution in [2.24, 2.45) is 11.8 Å². The summed E-state index contributed by atoms with van der Waals surface area (Å²) in [6.07, 6.45) is 12.4. The van der Waals surface area contributed by atoms with Crippen LogP contribution in [0.25, 0.3) is 0 Å². The predicted octanol–water partition coefficient (Wildman–Crippen LogP) is 3.45. The molecule has 0 unspecified atom stereocenters. The largest absolute Gasteiger partial charge is 0.0530 e. The predicted molar refractivity (Wildman–Crippen MR) is 47.2 cm³/mol. The maximum Gasteiger partial charge on any atom is 0 e. The zero-order valence-electron chi connectivity index (χ0n) is 7.31. The highest BCUT2D eigenvalue weighted by molar-refractivity contribution is 4.78. The Morgan fingerprint density at radius 2 is 0.818 bits per heavy atom. The Bertz CT molecular complexity index is 80.6. The smallest absolute Gasteiger partial charge is 0 e. The van der Waals surface area contributed by atoms with Gasteiger partial charge in [-0.25, -0.2) is 0 Å². The molecule has 0 aromatic carbocycles. The summed E-state index contributed by atoms with van der Waals surface area (Å²) in [6, 6.07) is 0. The molecular weight excluding hydrogens is 132 g/mol. The third-order valence-electron chi connectivity index (χ3n) is 3.47. The molecule has 2 aliphatic rings. The van der Waals surface area contributed by atoms with E-state index in [1.807, 2.05) is 0 Å². The first kappa shape index (κ1) is 9.09. The quantitative estimate of drug-likeness (QED) is 0.496. The fourth-order valence-corrected chi connectivity index (χ4v) is 2.86. The molecule has 2 rings (SSSR count). The SMILES string of the molecule is C1CCC2CCCCC2C1.[C]. The van der Waals surface area contributed by atoms with Crippen molar-refractivity contribution < 1.29 is 0 Å². The minimum absolute atomic E-state index is 0. The third-order valence-corrected chi connectivity index (χ3v) is 3.47. The molecule has 11 heavy (non-hydrogen) atoms. The van der Waals surface area contributed by atoms with Gasteiger partial charge in [0.2, 0.25) is 0 Å². The molecule has 0 aliphatic heterocycles. The molecule has 2 aliphatic carbocycles. The molecule has 62 valence electrons. The molecule has 2 fully saturated rings. The molecule has 0 heteroatoms. The van der Waals surface area contributed by atoms with Gasteiger partial charge in [-0.2, -0.15) is 0 Å². The van der Waals surface area contributed by atoms with Gasteiger partial charge in [-0.1, -0.05) is 51.4 Å². The van der Waals surface area contributed by atoms with Crippen molar-refractivity contribution >= 4 is 0 Å². The van der Waals surface area contributed by atoms with E-state index in [0.717, 1.165) is 11.8 Å². The van der Waals surface area contributed by atoms with Crippen molar-refractivity contribution in [1.29, 1.82) is 0 Å². The van der Waals surface area contributed by atoms with Crippen molar-refractivity contribution in [1.82, 2.24) is 0 Å². The molecule has 0 aromatic rings. The molecular formula is C11H18. The average Bonchev–Trinajstić information content (AvgIpc) is 2.05. The van der Waals surface area contributed by atoms with Crippen molar-refractivity contribution in [3.8, 4) is 0 Å². The Balaban J connectivity index is 0.000000605. The van der Waals surface area contributed by atoms with Crippen LogP contribution in [-0.2, 0) is 0 Å². The summed E-state index contributed by atoms with van der Waals surface area (Å²) >= 11 is 0. The highest BCUT2D eigenvalue weighted by atomic mass is 14.3. The Morgan fingerprint density at radius 3 is 1.09 bits per heavy atom. The summed E-state index contributed by atoms with van der Waals surface area (Å²) in [5, 5.41) is 0. The minimum Gasteiger partial charge on any atom is -0.0530 e. The Morgan fingerprint density at radius 1 is 0.545 bits per heavy atom. The zero-order valence-corrected chi connectivity index (χ0v) is 7.31. The lowest BCUT2D eigenvalue weighted by atomic mass is 9.71. The number of fused-ring (bicyclic) bond motifs is 1. The summed E-state index contributed by atoms with van der Waals surface area (Å²) in [6.45, 7) is 0. The van der Waals surface area contributed by atoms with Crippen LogP contribution in [-0.4, -0.2) is 0 Å². The topological polar surface area (TPSA) is 0 Å². The van der Waals surface area contributed by atoms with E-state index in [1.54, 1.807) is 25.7 Å². The van der Waals surface area contributed by atoms with E-state index in [-0.39, 0.29) is 7.43 Å². The van der Waals surface area contributed by atoms with Crippen LogP contribution in [0.4, 0.5) is 0 Å². The zero-order chi connectivity index (χ0) is 6.81. The summed E-state index contributed by atoms with van der Waals surface area (Å²) in [5.74, 6) is 2.31. The van der Waals surface area contributed by atoms with E-state index in [4.69, 9.17) is 0 Å². The molecule has 0 N–H and O–H groups in total. The summed E-state index contributed by atoms with van der Waals surface area (Å²) in [5.41, 5.74) is 0. The standard InChI is InChI=1S/C10H18.C/c1-2-6-10-8-4-3-7-9(10)5-1;/h9-10H,1-8H2;. The van der Waals surface area contributed by atoms with E-state index in [2.05, 4.69) is 0 Å². The fraction of sp³-hybridized carbons (Fsp3) is 0.909. The number of rotatable bonds is 0. The summed E-state index contributed by atoms with van der Waals surface area (Å²) in [7, 11) is 0. The van der Waals surface area contributed by atoms with Gasteiger partial charge in [0.25, 0.3) is 0 Å². The van der Waals surface area contributed by atoms with Gasteiger partial charge in [0, 0.05) is 7.43 Å². The van der Waals surface area contributed by atoms with Gasteiger partial charge in [-0.3, -0.25) is 0 Å². The average molecular weight is 150 g/mol. The van der Waals surface area contributed by atoms with Crippen LogP contribution in [0.3, 0.4) is 0 Å². The second-order valence-corrected chi connectivity index (χ2v) is 4.09. The van der Waals surface area contributed by atoms with Gasteiger partial charge < -0.3 is 0 Å². The first-order chi connectivity index (χ1) is 4.97. The monoisotopic (exact) mass is 150 g/mol. The molecule has 0 aromatic heterocycles. The van der Waals surface area contributed by atoms with Crippen LogP contribution in [0.2, 0.25) is 0 Å². The van der Waals surface area contributed by atoms with Crippen LogP contribution in [0.5, 0.6) is 0 Å². The van der Waals surface area contributed by atoms with Gasteiger partial charge in [0.05, 0.1) is 0 Å². The lowest BCUT2D eigenvalue weighted by Crippen LogP contribution is -2.22. The van der Waals surface area contributed by atoms with Crippen molar-refractivity contribution in [2.75, 3.05) is 0 Å². The van der Waals surface area contributed by atoms with E-state index in [1.165, 1.54) is 25.7 Å². The number of hydrogen-bond acceptors (Lipinski definition) is 0. The van der Waals surface area contributed by atoms with Gasteiger partial charge >= 0.3 is 0 Å². The van der Waals surface area contributed by atoms with E-state index in [0.29, 0.717) is 0 Å². The first-order valence-electron chi connectivity index (χ1n) is 4.97. The minimum atomic E-state index is 0. The highest BCUT2D eigenvalue weighted by Crippen LogP contribution is 2.39. The molecule has 0 heterocycles. The maximum absolute atomic E-state index is 1.56. The molecule has 0 atom stereocenters. The molecule has 2 saturated carbocycles. The molecule has 0 spiro atoms. The second kappa shape index (κ2) is 4.13. The normalized spacial score (nSPS) is 37.1. The van der Waals surface area contributed by atoms with Crippen LogP contribution in [0.1, 0.15) is 51.4 Å².